The number of hydrogen-bond donors (Lipinski definition) is 2. The Morgan fingerprint density at radius 1 is 1.20 bits per heavy atom. The monoisotopic (exact) mass is 348 g/mol. The molecule has 7 nitrogen and oxygen atoms in total. The maximum atomic E-state index is 12.1. The molecular formula is C18H24N2O5. The number of esters is 1. The van der Waals surface area contributed by atoms with Crippen LogP contribution < -0.4 is 15.4 Å². The van der Waals surface area contributed by atoms with Crippen LogP contribution in [0.5, 0.6) is 5.75 Å². The summed E-state index contributed by atoms with van der Waals surface area (Å²) in [5, 5.41) is 4.95. The van der Waals surface area contributed by atoms with Crippen LogP contribution in [0.1, 0.15) is 48.5 Å². The summed E-state index contributed by atoms with van der Waals surface area (Å²) in [6.45, 7) is 3.27. The predicted octanol–water partition coefficient (Wildman–Crippen LogP) is 2.32. The van der Waals surface area contributed by atoms with Gasteiger partial charge in [0.2, 0.25) is 0 Å². The quantitative estimate of drug-likeness (QED) is 0.797. The molecule has 0 unspecified atom stereocenters. The van der Waals surface area contributed by atoms with Gasteiger partial charge in [-0.1, -0.05) is 18.9 Å². The number of carbonyl (C=O) groups is 3. The Balaban J connectivity index is 1.87. The predicted molar refractivity (Wildman–Crippen MR) is 91.5 cm³/mol. The number of imide groups is 1. The number of carbonyl (C=O) groups excluding carboxylic acids is 3. The number of rotatable bonds is 5. The zero-order chi connectivity index (χ0) is 18.4. The summed E-state index contributed by atoms with van der Waals surface area (Å²) in [5.74, 6) is -0.762. The summed E-state index contributed by atoms with van der Waals surface area (Å²) in [5.41, 5.74) is 1.16. The van der Waals surface area contributed by atoms with Gasteiger partial charge < -0.3 is 14.8 Å². The van der Waals surface area contributed by atoms with E-state index in [0.717, 1.165) is 31.2 Å². The van der Waals surface area contributed by atoms with Crippen molar-refractivity contribution in [1.29, 1.82) is 0 Å². The van der Waals surface area contributed by atoms with Gasteiger partial charge in [0.1, 0.15) is 5.75 Å². The molecule has 2 N–H and O–H groups in total. The average Bonchev–Trinajstić information content (AvgIpc) is 3.07. The molecule has 0 aliphatic heterocycles. The van der Waals surface area contributed by atoms with E-state index in [1.54, 1.807) is 18.2 Å². The van der Waals surface area contributed by atoms with E-state index < -0.39 is 24.0 Å². The maximum Gasteiger partial charge on any atom is 0.339 e. The largest absolute Gasteiger partial charge is 0.496 e. The molecule has 7 heteroatoms. The van der Waals surface area contributed by atoms with Crippen molar-refractivity contribution in [2.45, 2.75) is 51.7 Å². The summed E-state index contributed by atoms with van der Waals surface area (Å²) < 4.78 is 10.3. The lowest BCUT2D eigenvalue weighted by Crippen LogP contribution is -2.47. The Bertz CT molecular complexity index is 653. The Labute approximate surface area is 147 Å². The second-order valence-corrected chi connectivity index (χ2v) is 6.18. The third kappa shape index (κ3) is 5.20. The molecule has 25 heavy (non-hydrogen) atoms. The number of benzene rings is 1. The highest BCUT2D eigenvalue weighted by molar-refractivity contribution is 5.98. The standard InChI is InChI=1S/C18H24N2O5/c1-11-8-9-13(10-15(11)24-3)17(22)25-12(2)16(21)20-18(23)19-14-6-4-5-7-14/h8-10,12,14H,4-7H2,1-3H3,(H2,19,20,21,23)/t12-/m0/s1. The van der Waals surface area contributed by atoms with Crippen molar-refractivity contribution >= 4 is 17.9 Å². The van der Waals surface area contributed by atoms with Crippen LogP contribution in [-0.2, 0) is 9.53 Å². The van der Waals surface area contributed by atoms with Crippen molar-refractivity contribution in [3.63, 3.8) is 0 Å². The van der Waals surface area contributed by atoms with E-state index in [1.807, 2.05) is 6.92 Å². The van der Waals surface area contributed by atoms with Gasteiger partial charge in [-0.15, -0.1) is 0 Å². The summed E-state index contributed by atoms with van der Waals surface area (Å²) in [6.07, 6.45) is 2.90. The zero-order valence-corrected chi connectivity index (χ0v) is 14.8. The molecule has 1 aromatic rings. The fourth-order valence-corrected chi connectivity index (χ4v) is 2.73. The third-order valence-corrected chi connectivity index (χ3v) is 4.22. The Kier molecular flexibility index (Phi) is 6.38. The molecule has 2 rings (SSSR count). The van der Waals surface area contributed by atoms with Gasteiger partial charge >= 0.3 is 12.0 Å². The van der Waals surface area contributed by atoms with Crippen LogP contribution in [0.25, 0.3) is 0 Å². The van der Waals surface area contributed by atoms with Crippen LogP contribution in [0.4, 0.5) is 4.79 Å². The number of urea groups is 1. The molecular weight excluding hydrogens is 324 g/mol. The van der Waals surface area contributed by atoms with Crippen molar-refractivity contribution in [2.24, 2.45) is 0 Å². The maximum absolute atomic E-state index is 12.1. The first-order valence-corrected chi connectivity index (χ1v) is 8.37. The van der Waals surface area contributed by atoms with Crippen molar-refractivity contribution < 1.29 is 23.9 Å². The topological polar surface area (TPSA) is 93.7 Å². The molecule has 0 spiro atoms. The minimum absolute atomic E-state index is 0.102. The molecule has 1 saturated carbocycles. The lowest BCUT2D eigenvalue weighted by molar-refractivity contribution is -0.127. The third-order valence-electron chi connectivity index (χ3n) is 4.22. The zero-order valence-electron chi connectivity index (χ0n) is 14.8. The highest BCUT2D eigenvalue weighted by Gasteiger charge is 2.23. The first kappa shape index (κ1) is 18.8. The van der Waals surface area contributed by atoms with E-state index in [0.29, 0.717) is 5.75 Å². The first-order chi connectivity index (χ1) is 11.9. The van der Waals surface area contributed by atoms with Crippen molar-refractivity contribution in [3.8, 4) is 5.75 Å². The van der Waals surface area contributed by atoms with Crippen LogP contribution in [0.3, 0.4) is 0 Å². The molecule has 1 aliphatic carbocycles. The van der Waals surface area contributed by atoms with Crippen molar-refractivity contribution in [1.82, 2.24) is 10.6 Å². The lowest BCUT2D eigenvalue weighted by atomic mass is 10.1. The van der Waals surface area contributed by atoms with Gasteiger partial charge in [0.25, 0.3) is 5.91 Å². The normalized spacial score (nSPS) is 15.3. The van der Waals surface area contributed by atoms with E-state index in [1.165, 1.54) is 14.0 Å². The van der Waals surface area contributed by atoms with Crippen LogP contribution in [-0.4, -0.2) is 37.2 Å². The number of methoxy groups -OCH3 is 1. The van der Waals surface area contributed by atoms with Gasteiger partial charge in [-0.25, -0.2) is 9.59 Å². The second-order valence-electron chi connectivity index (χ2n) is 6.18. The van der Waals surface area contributed by atoms with Gasteiger partial charge in [-0.3, -0.25) is 10.1 Å². The minimum Gasteiger partial charge on any atom is -0.496 e. The van der Waals surface area contributed by atoms with E-state index in [9.17, 15) is 14.4 Å². The van der Waals surface area contributed by atoms with E-state index in [-0.39, 0.29) is 11.6 Å². The number of nitrogens with one attached hydrogen (secondary N) is 2. The smallest absolute Gasteiger partial charge is 0.339 e. The first-order valence-electron chi connectivity index (χ1n) is 8.37. The van der Waals surface area contributed by atoms with Gasteiger partial charge in [0.05, 0.1) is 12.7 Å². The fourth-order valence-electron chi connectivity index (χ4n) is 2.73. The molecule has 0 aromatic heterocycles. The summed E-state index contributed by atoms with van der Waals surface area (Å²) in [4.78, 5) is 35.9. The molecule has 0 heterocycles. The Hall–Kier alpha value is -2.57. The molecule has 1 atom stereocenters. The Morgan fingerprint density at radius 3 is 2.52 bits per heavy atom. The van der Waals surface area contributed by atoms with Gasteiger partial charge in [-0.05, 0) is 44.4 Å². The fraction of sp³-hybridized carbons (Fsp3) is 0.500. The van der Waals surface area contributed by atoms with Gasteiger partial charge in [-0.2, -0.15) is 0 Å². The van der Waals surface area contributed by atoms with E-state index in [2.05, 4.69) is 10.6 Å². The van der Waals surface area contributed by atoms with Crippen molar-refractivity contribution in [2.75, 3.05) is 7.11 Å². The molecule has 0 bridgehead atoms. The van der Waals surface area contributed by atoms with Crippen molar-refractivity contribution in [3.05, 3.63) is 29.3 Å². The van der Waals surface area contributed by atoms with Crippen LogP contribution in [0.15, 0.2) is 18.2 Å². The molecule has 1 aromatic carbocycles. The molecule has 136 valence electrons. The molecule has 1 fully saturated rings. The van der Waals surface area contributed by atoms with Gasteiger partial charge in [0.15, 0.2) is 6.10 Å². The van der Waals surface area contributed by atoms with E-state index >= 15 is 0 Å². The minimum atomic E-state index is -1.09. The van der Waals surface area contributed by atoms with Crippen LogP contribution >= 0.6 is 0 Å². The highest BCUT2D eigenvalue weighted by atomic mass is 16.5. The molecule has 3 amide bonds. The Morgan fingerprint density at radius 2 is 1.88 bits per heavy atom. The highest BCUT2D eigenvalue weighted by Crippen LogP contribution is 2.20. The van der Waals surface area contributed by atoms with Crippen LogP contribution in [0, 0.1) is 6.92 Å². The van der Waals surface area contributed by atoms with Crippen LogP contribution in [0.2, 0.25) is 0 Å². The number of amides is 3. The summed E-state index contributed by atoms with van der Waals surface area (Å²) in [7, 11) is 1.51. The molecule has 0 saturated heterocycles. The summed E-state index contributed by atoms with van der Waals surface area (Å²) in [6, 6.07) is 4.42. The number of hydrogen-bond acceptors (Lipinski definition) is 5. The molecule has 1 aliphatic rings. The van der Waals surface area contributed by atoms with E-state index in [4.69, 9.17) is 9.47 Å². The number of aryl methyl sites for hydroxylation is 1. The number of ether oxygens (including phenoxy) is 2. The average molecular weight is 348 g/mol. The SMILES string of the molecule is COc1cc(C(=O)O[C@@H](C)C(=O)NC(=O)NC2CCCC2)ccc1C. The molecule has 0 radical (unpaired) electrons. The second kappa shape index (κ2) is 8.50. The van der Waals surface area contributed by atoms with Gasteiger partial charge in [0, 0.05) is 6.04 Å². The summed E-state index contributed by atoms with van der Waals surface area (Å²) >= 11 is 0. The lowest BCUT2D eigenvalue weighted by Gasteiger charge is -2.16.